The lowest BCUT2D eigenvalue weighted by molar-refractivity contribution is 0.195. The maximum Gasteiger partial charge on any atom is 0.319 e. The van der Waals surface area contributed by atoms with Crippen LogP contribution in [0.4, 0.5) is 10.5 Å². The number of sulfonamides is 1. The fourth-order valence-electron chi connectivity index (χ4n) is 2.68. The van der Waals surface area contributed by atoms with Crippen LogP contribution in [0.2, 0.25) is 5.02 Å². The molecule has 0 saturated carbocycles. The van der Waals surface area contributed by atoms with Crippen LogP contribution in [-0.4, -0.2) is 53.9 Å². The molecule has 3 rings (SSSR count). The van der Waals surface area contributed by atoms with Gasteiger partial charge in [-0.15, -0.1) is 0 Å². The Balaban J connectivity index is 1.55. The van der Waals surface area contributed by atoms with E-state index in [-0.39, 0.29) is 17.7 Å². The molecule has 140 valence electrons. The number of carbonyl (C=O) groups excluding carboxylic acids is 1. The molecule has 2 N–H and O–H groups in total. The molecule has 1 aliphatic rings. The molecule has 0 aliphatic carbocycles. The highest BCUT2D eigenvalue weighted by molar-refractivity contribution is 7.89. The van der Waals surface area contributed by atoms with Crippen LogP contribution >= 0.6 is 11.6 Å². The molecular formula is C16H20ClN5O3S. The summed E-state index contributed by atoms with van der Waals surface area (Å²) in [7, 11) is -3.13. The number of aromatic nitrogens is 2. The van der Waals surface area contributed by atoms with Gasteiger partial charge in [-0.05, 0) is 31.2 Å². The van der Waals surface area contributed by atoms with Gasteiger partial charge in [-0.1, -0.05) is 11.6 Å². The van der Waals surface area contributed by atoms with Crippen LogP contribution in [-0.2, 0) is 10.0 Å². The second kappa shape index (κ2) is 7.65. The molecule has 1 aliphatic heterocycles. The van der Waals surface area contributed by atoms with Gasteiger partial charge in [-0.3, -0.25) is 0 Å². The van der Waals surface area contributed by atoms with Crippen molar-refractivity contribution in [2.45, 2.75) is 6.92 Å². The molecule has 1 aromatic carbocycles. The largest absolute Gasteiger partial charge is 0.337 e. The van der Waals surface area contributed by atoms with E-state index < -0.39 is 10.0 Å². The van der Waals surface area contributed by atoms with E-state index >= 15 is 0 Å². The van der Waals surface area contributed by atoms with Crippen LogP contribution in [0.25, 0.3) is 5.69 Å². The first kappa shape index (κ1) is 18.7. The second-order valence-corrected chi connectivity index (χ2v) is 8.72. The molecule has 0 spiro atoms. The smallest absolute Gasteiger partial charge is 0.319 e. The van der Waals surface area contributed by atoms with Crippen molar-refractivity contribution in [3.8, 4) is 5.69 Å². The zero-order valence-electron chi connectivity index (χ0n) is 14.2. The van der Waals surface area contributed by atoms with Gasteiger partial charge < -0.3 is 10.6 Å². The Labute approximate surface area is 157 Å². The van der Waals surface area contributed by atoms with Gasteiger partial charge in [0.15, 0.2) is 0 Å². The van der Waals surface area contributed by atoms with Gasteiger partial charge in [0, 0.05) is 43.0 Å². The van der Waals surface area contributed by atoms with Crippen molar-refractivity contribution >= 4 is 33.3 Å². The minimum Gasteiger partial charge on any atom is -0.337 e. The molecule has 10 heteroatoms. The van der Waals surface area contributed by atoms with Crippen LogP contribution in [0, 0.1) is 5.92 Å². The standard InChI is InChI=1S/C16H20ClN5O3S/c1-2-26(24,25)21-10-12(11-21)9-18-16(23)20-14-5-4-13(17)8-15(14)22-7-3-6-19-22/h3-8,12H,2,9-11H2,1H3,(H2,18,20,23). The normalized spacial score (nSPS) is 15.5. The van der Waals surface area contributed by atoms with Crippen molar-refractivity contribution < 1.29 is 13.2 Å². The summed E-state index contributed by atoms with van der Waals surface area (Å²) in [5.74, 6) is 0.221. The molecule has 26 heavy (non-hydrogen) atoms. The predicted molar refractivity (Wildman–Crippen MR) is 100 cm³/mol. The molecule has 2 aromatic rings. The Morgan fingerprint density at radius 1 is 1.38 bits per heavy atom. The van der Waals surface area contributed by atoms with Gasteiger partial charge in [0.05, 0.1) is 17.1 Å². The van der Waals surface area contributed by atoms with Crippen molar-refractivity contribution in [3.05, 3.63) is 41.7 Å². The van der Waals surface area contributed by atoms with E-state index in [1.165, 1.54) is 4.31 Å². The topological polar surface area (TPSA) is 96.3 Å². The van der Waals surface area contributed by atoms with Crippen molar-refractivity contribution in [1.82, 2.24) is 19.4 Å². The summed E-state index contributed by atoms with van der Waals surface area (Å²) in [6.07, 6.45) is 3.39. The average molecular weight is 398 g/mol. The van der Waals surface area contributed by atoms with Crippen molar-refractivity contribution in [2.75, 3.05) is 30.7 Å². The summed E-state index contributed by atoms with van der Waals surface area (Å²) in [5, 5.41) is 10.2. The third-order valence-electron chi connectivity index (χ3n) is 4.19. The van der Waals surface area contributed by atoms with E-state index in [0.717, 1.165) is 0 Å². The quantitative estimate of drug-likeness (QED) is 0.778. The monoisotopic (exact) mass is 397 g/mol. The van der Waals surface area contributed by atoms with E-state index in [2.05, 4.69) is 15.7 Å². The lowest BCUT2D eigenvalue weighted by Crippen LogP contribution is -2.54. The Kier molecular flexibility index (Phi) is 5.49. The number of nitrogens with one attached hydrogen (secondary N) is 2. The molecule has 2 heterocycles. The van der Waals surface area contributed by atoms with Gasteiger partial charge in [0.2, 0.25) is 10.0 Å². The third-order valence-corrected chi connectivity index (χ3v) is 6.24. The number of halogens is 1. The molecule has 0 radical (unpaired) electrons. The highest BCUT2D eigenvalue weighted by atomic mass is 35.5. The lowest BCUT2D eigenvalue weighted by Gasteiger charge is -2.37. The minimum absolute atomic E-state index is 0.0976. The van der Waals surface area contributed by atoms with Crippen LogP contribution in [0.1, 0.15) is 6.92 Å². The number of carbonyl (C=O) groups is 1. The SMILES string of the molecule is CCS(=O)(=O)N1CC(CNC(=O)Nc2ccc(Cl)cc2-n2cccn2)C1. The fourth-order valence-corrected chi connectivity index (χ4v) is 4.08. The molecule has 1 fully saturated rings. The van der Waals surface area contributed by atoms with Gasteiger partial charge in [-0.2, -0.15) is 5.10 Å². The Hall–Kier alpha value is -2.10. The first-order valence-electron chi connectivity index (χ1n) is 8.21. The van der Waals surface area contributed by atoms with Crippen LogP contribution < -0.4 is 10.6 Å². The summed E-state index contributed by atoms with van der Waals surface area (Å²) in [6.45, 7) is 2.91. The molecular weight excluding hydrogens is 378 g/mol. The maximum absolute atomic E-state index is 12.2. The molecule has 1 saturated heterocycles. The van der Waals surface area contributed by atoms with Gasteiger partial charge in [-0.25, -0.2) is 22.2 Å². The van der Waals surface area contributed by atoms with E-state index in [0.29, 0.717) is 36.0 Å². The van der Waals surface area contributed by atoms with Crippen LogP contribution in [0.3, 0.4) is 0 Å². The van der Waals surface area contributed by atoms with Gasteiger partial charge in [0.25, 0.3) is 0 Å². The molecule has 0 bridgehead atoms. The zero-order chi connectivity index (χ0) is 18.7. The number of hydrogen-bond acceptors (Lipinski definition) is 4. The number of anilines is 1. The Morgan fingerprint density at radius 3 is 2.81 bits per heavy atom. The summed E-state index contributed by atoms with van der Waals surface area (Å²) in [4.78, 5) is 12.2. The number of benzene rings is 1. The van der Waals surface area contributed by atoms with Gasteiger partial charge in [0.1, 0.15) is 0 Å². The molecule has 0 atom stereocenters. The summed E-state index contributed by atoms with van der Waals surface area (Å²) in [5.41, 5.74) is 1.22. The van der Waals surface area contributed by atoms with E-state index in [4.69, 9.17) is 11.6 Å². The van der Waals surface area contributed by atoms with E-state index in [1.807, 2.05) is 0 Å². The van der Waals surface area contributed by atoms with Crippen LogP contribution in [0.5, 0.6) is 0 Å². The lowest BCUT2D eigenvalue weighted by atomic mass is 10.0. The minimum atomic E-state index is -3.13. The summed E-state index contributed by atoms with van der Waals surface area (Å²) >= 11 is 6.04. The maximum atomic E-state index is 12.2. The summed E-state index contributed by atoms with van der Waals surface area (Å²) < 4.78 is 26.4. The number of hydrogen-bond donors (Lipinski definition) is 2. The molecule has 0 unspecified atom stereocenters. The van der Waals surface area contributed by atoms with Crippen molar-refractivity contribution in [1.29, 1.82) is 0 Å². The number of nitrogens with zero attached hydrogens (tertiary/aromatic N) is 3. The van der Waals surface area contributed by atoms with Gasteiger partial charge >= 0.3 is 6.03 Å². The number of amides is 2. The molecule has 1 aromatic heterocycles. The second-order valence-electron chi connectivity index (χ2n) is 6.03. The predicted octanol–water partition coefficient (Wildman–Crippen LogP) is 1.93. The molecule has 8 nitrogen and oxygen atoms in total. The van der Waals surface area contributed by atoms with Crippen molar-refractivity contribution in [2.24, 2.45) is 5.92 Å². The molecule has 2 amide bonds. The van der Waals surface area contributed by atoms with E-state index in [9.17, 15) is 13.2 Å². The number of rotatable bonds is 6. The Bertz CT molecular complexity index is 879. The number of urea groups is 1. The van der Waals surface area contributed by atoms with Crippen LogP contribution in [0.15, 0.2) is 36.7 Å². The first-order valence-corrected chi connectivity index (χ1v) is 10.2. The third kappa shape index (κ3) is 4.17. The zero-order valence-corrected chi connectivity index (χ0v) is 15.8. The highest BCUT2D eigenvalue weighted by Crippen LogP contribution is 2.24. The first-order chi connectivity index (χ1) is 12.4. The average Bonchev–Trinajstić information content (AvgIpc) is 3.09. The highest BCUT2D eigenvalue weighted by Gasteiger charge is 2.34. The van der Waals surface area contributed by atoms with E-state index in [1.54, 1.807) is 48.3 Å². The summed E-state index contributed by atoms with van der Waals surface area (Å²) in [6, 6.07) is 6.51. The van der Waals surface area contributed by atoms with Crippen molar-refractivity contribution in [3.63, 3.8) is 0 Å². The fraction of sp³-hybridized carbons (Fsp3) is 0.375. The Morgan fingerprint density at radius 2 is 2.15 bits per heavy atom.